The standard InChI is InChI=1S/C22H18N6OS/c1-2-6-14(7-3-1)20-24-19(29-27-20)13-30-22-26-25-21(28(22)15-10-11-15)17-12-23-18-9-5-4-8-16(17)18/h1-9,12,15,23H,10-11,13H2. The number of H-pyrrole nitrogens is 1. The smallest absolute Gasteiger partial charge is 0.237 e. The van der Waals surface area contributed by atoms with Crippen LogP contribution >= 0.6 is 11.8 Å². The fourth-order valence-corrected chi connectivity index (χ4v) is 4.46. The first-order chi connectivity index (χ1) is 14.9. The molecule has 0 radical (unpaired) electrons. The number of nitrogens with one attached hydrogen (secondary N) is 1. The first kappa shape index (κ1) is 17.5. The van der Waals surface area contributed by atoms with E-state index in [0.717, 1.165) is 45.9 Å². The van der Waals surface area contributed by atoms with Crippen LogP contribution in [0.15, 0.2) is 70.5 Å². The molecule has 1 saturated carbocycles. The molecular weight excluding hydrogens is 396 g/mol. The molecule has 1 fully saturated rings. The van der Waals surface area contributed by atoms with E-state index in [1.807, 2.05) is 48.7 Å². The summed E-state index contributed by atoms with van der Waals surface area (Å²) in [6.45, 7) is 0. The Labute approximate surface area is 176 Å². The minimum atomic E-state index is 0.453. The van der Waals surface area contributed by atoms with Crippen LogP contribution in [0.25, 0.3) is 33.7 Å². The summed E-state index contributed by atoms with van der Waals surface area (Å²) in [5.41, 5.74) is 3.13. The zero-order valence-electron chi connectivity index (χ0n) is 16.0. The Morgan fingerprint density at radius 2 is 1.87 bits per heavy atom. The van der Waals surface area contributed by atoms with Gasteiger partial charge in [-0.05, 0) is 18.9 Å². The van der Waals surface area contributed by atoms with E-state index < -0.39 is 0 Å². The number of benzene rings is 2. The van der Waals surface area contributed by atoms with Gasteiger partial charge in [0, 0.05) is 34.3 Å². The third kappa shape index (κ3) is 3.09. The molecule has 1 aliphatic carbocycles. The van der Waals surface area contributed by atoms with Gasteiger partial charge in [0.05, 0.1) is 5.75 Å². The van der Waals surface area contributed by atoms with E-state index in [0.29, 0.717) is 23.5 Å². The second kappa shape index (κ2) is 7.14. The van der Waals surface area contributed by atoms with E-state index in [9.17, 15) is 0 Å². The molecule has 148 valence electrons. The van der Waals surface area contributed by atoms with Gasteiger partial charge in [0.15, 0.2) is 11.0 Å². The molecule has 5 aromatic rings. The molecule has 30 heavy (non-hydrogen) atoms. The average Bonchev–Trinajstić information content (AvgIpc) is 3.19. The van der Waals surface area contributed by atoms with Gasteiger partial charge in [-0.1, -0.05) is 65.4 Å². The zero-order chi connectivity index (χ0) is 19.9. The molecule has 2 aromatic carbocycles. The van der Waals surface area contributed by atoms with E-state index in [1.165, 1.54) is 0 Å². The van der Waals surface area contributed by atoms with Gasteiger partial charge in [0.2, 0.25) is 11.7 Å². The van der Waals surface area contributed by atoms with E-state index in [1.54, 1.807) is 11.8 Å². The summed E-state index contributed by atoms with van der Waals surface area (Å²) < 4.78 is 7.71. The van der Waals surface area contributed by atoms with Crippen molar-refractivity contribution >= 4 is 22.7 Å². The SMILES string of the molecule is c1ccc(-c2noc(CSc3nnc(-c4c[nH]c5ccccc45)n3C3CC3)n2)cc1. The monoisotopic (exact) mass is 414 g/mol. The largest absolute Gasteiger partial charge is 0.360 e. The highest BCUT2D eigenvalue weighted by molar-refractivity contribution is 7.98. The fraction of sp³-hybridized carbons (Fsp3) is 0.182. The lowest BCUT2D eigenvalue weighted by molar-refractivity contribution is 0.391. The van der Waals surface area contributed by atoms with Crippen LogP contribution < -0.4 is 0 Å². The van der Waals surface area contributed by atoms with Gasteiger partial charge >= 0.3 is 0 Å². The number of para-hydroxylation sites is 1. The van der Waals surface area contributed by atoms with Crippen molar-refractivity contribution < 1.29 is 4.52 Å². The highest BCUT2D eigenvalue weighted by Gasteiger charge is 2.31. The Morgan fingerprint density at radius 3 is 2.73 bits per heavy atom. The fourth-order valence-electron chi connectivity index (χ4n) is 3.62. The number of hydrogen-bond donors (Lipinski definition) is 1. The summed E-state index contributed by atoms with van der Waals surface area (Å²) in [5, 5.41) is 15.2. The maximum absolute atomic E-state index is 5.45. The molecule has 0 bridgehead atoms. The minimum absolute atomic E-state index is 0.453. The second-order valence-corrected chi connectivity index (χ2v) is 8.26. The summed E-state index contributed by atoms with van der Waals surface area (Å²) in [4.78, 5) is 7.86. The number of fused-ring (bicyclic) bond motifs is 1. The molecule has 3 aromatic heterocycles. The first-order valence-electron chi connectivity index (χ1n) is 9.89. The third-order valence-electron chi connectivity index (χ3n) is 5.23. The van der Waals surface area contributed by atoms with E-state index in [4.69, 9.17) is 4.52 Å². The van der Waals surface area contributed by atoms with Gasteiger partial charge in [-0.25, -0.2) is 0 Å². The summed E-state index contributed by atoms with van der Waals surface area (Å²) in [7, 11) is 0. The maximum atomic E-state index is 5.45. The molecule has 0 amide bonds. The minimum Gasteiger partial charge on any atom is -0.360 e. The van der Waals surface area contributed by atoms with Crippen molar-refractivity contribution in [3.8, 4) is 22.8 Å². The van der Waals surface area contributed by atoms with Crippen LogP contribution in [0, 0.1) is 0 Å². The molecule has 1 N–H and O–H groups in total. The van der Waals surface area contributed by atoms with Gasteiger partial charge in [-0.2, -0.15) is 4.98 Å². The molecular formula is C22H18N6OS. The molecule has 6 rings (SSSR count). The maximum Gasteiger partial charge on any atom is 0.237 e. The summed E-state index contributed by atoms with van der Waals surface area (Å²) in [6, 6.07) is 18.6. The van der Waals surface area contributed by atoms with Crippen molar-refractivity contribution in [3.05, 3.63) is 66.7 Å². The van der Waals surface area contributed by atoms with Crippen molar-refractivity contribution in [3.63, 3.8) is 0 Å². The van der Waals surface area contributed by atoms with Crippen molar-refractivity contribution in [2.45, 2.75) is 29.8 Å². The summed E-state index contributed by atoms with van der Waals surface area (Å²) in [5.74, 6) is 2.65. The lowest BCUT2D eigenvalue weighted by Crippen LogP contribution is -1.99. The predicted molar refractivity (Wildman–Crippen MR) is 115 cm³/mol. The first-order valence-corrected chi connectivity index (χ1v) is 10.9. The topological polar surface area (TPSA) is 85.4 Å². The molecule has 0 saturated heterocycles. The molecule has 1 aliphatic rings. The summed E-state index contributed by atoms with van der Waals surface area (Å²) >= 11 is 1.58. The number of aromatic nitrogens is 6. The molecule has 0 unspecified atom stereocenters. The number of aromatic amines is 1. The molecule has 0 atom stereocenters. The van der Waals surface area contributed by atoms with Crippen LogP contribution in [0.1, 0.15) is 24.8 Å². The van der Waals surface area contributed by atoms with E-state index in [2.05, 4.69) is 42.0 Å². The quantitative estimate of drug-likeness (QED) is 0.389. The number of thioether (sulfide) groups is 1. The van der Waals surface area contributed by atoms with Gasteiger partial charge < -0.3 is 9.51 Å². The Morgan fingerprint density at radius 1 is 1.03 bits per heavy atom. The Hall–Kier alpha value is -3.39. The van der Waals surface area contributed by atoms with Crippen LogP contribution in [-0.2, 0) is 5.75 Å². The Balaban J connectivity index is 1.28. The molecule has 3 heterocycles. The number of nitrogens with zero attached hydrogens (tertiary/aromatic N) is 5. The molecule has 7 nitrogen and oxygen atoms in total. The van der Waals surface area contributed by atoms with Crippen LogP contribution in [0.5, 0.6) is 0 Å². The number of hydrogen-bond acceptors (Lipinski definition) is 6. The predicted octanol–water partition coefficient (Wildman–Crippen LogP) is 5.10. The van der Waals surface area contributed by atoms with Gasteiger partial charge in [0.25, 0.3) is 0 Å². The summed E-state index contributed by atoms with van der Waals surface area (Å²) in [6.07, 6.45) is 4.32. The van der Waals surface area contributed by atoms with E-state index in [-0.39, 0.29) is 0 Å². The Kier molecular flexibility index (Phi) is 4.16. The van der Waals surface area contributed by atoms with Crippen molar-refractivity contribution in [2.75, 3.05) is 0 Å². The van der Waals surface area contributed by atoms with Crippen LogP contribution in [-0.4, -0.2) is 29.9 Å². The number of rotatable bonds is 6. The third-order valence-corrected chi connectivity index (χ3v) is 6.16. The van der Waals surface area contributed by atoms with Crippen LogP contribution in [0.3, 0.4) is 0 Å². The molecule has 0 spiro atoms. The second-order valence-electron chi connectivity index (χ2n) is 7.32. The highest BCUT2D eigenvalue weighted by atomic mass is 32.2. The lowest BCUT2D eigenvalue weighted by Gasteiger charge is -2.07. The van der Waals surface area contributed by atoms with Gasteiger partial charge in [-0.3, -0.25) is 4.57 Å². The highest BCUT2D eigenvalue weighted by Crippen LogP contribution is 2.42. The Bertz CT molecular complexity index is 1320. The zero-order valence-corrected chi connectivity index (χ0v) is 16.8. The van der Waals surface area contributed by atoms with Crippen LogP contribution in [0.2, 0.25) is 0 Å². The van der Waals surface area contributed by atoms with Gasteiger partial charge in [-0.15, -0.1) is 10.2 Å². The average molecular weight is 414 g/mol. The van der Waals surface area contributed by atoms with Crippen molar-refractivity contribution in [2.24, 2.45) is 0 Å². The van der Waals surface area contributed by atoms with E-state index >= 15 is 0 Å². The molecule has 0 aliphatic heterocycles. The van der Waals surface area contributed by atoms with Crippen molar-refractivity contribution in [1.82, 2.24) is 29.9 Å². The normalized spacial score (nSPS) is 13.9. The van der Waals surface area contributed by atoms with Crippen LogP contribution in [0.4, 0.5) is 0 Å². The lowest BCUT2D eigenvalue weighted by atomic mass is 10.1. The van der Waals surface area contributed by atoms with Gasteiger partial charge in [0.1, 0.15) is 0 Å². The molecule has 8 heteroatoms. The van der Waals surface area contributed by atoms with Crippen molar-refractivity contribution in [1.29, 1.82) is 0 Å².